The highest BCUT2D eigenvalue weighted by molar-refractivity contribution is 5.41. The van der Waals surface area contributed by atoms with Crippen LogP contribution in [-0.4, -0.2) is 31.1 Å². The first-order valence-corrected chi connectivity index (χ1v) is 8.43. The molecule has 1 aromatic carbocycles. The molecule has 1 heterocycles. The molecule has 1 aliphatic rings. The maximum absolute atomic E-state index is 6.08. The third kappa shape index (κ3) is 5.03. The summed E-state index contributed by atoms with van der Waals surface area (Å²) in [5.74, 6) is 1.06. The van der Waals surface area contributed by atoms with Gasteiger partial charge in [-0.1, -0.05) is 44.9 Å². The quantitative estimate of drug-likeness (QED) is 0.737. The van der Waals surface area contributed by atoms with E-state index in [0.717, 1.165) is 18.8 Å². The van der Waals surface area contributed by atoms with Crippen LogP contribution in [-0.2, 0) is 5.41 Å². The maximum atomic E-state index is 6.08. The molecule has 0 unspecified atom stereocenters. The van der Waals surface area contributed by atoms with E-state index in [0.29, 0.717) is 0 Å². The minimum atomic E-state index is 0.133. The molecule has 1 fully saturated rings. The van der Waals surface area contributed by atoms with Crippen LogP contribution in [0.25, 0.3) is 0 Å². The van der Waals surface area contributed by atoms with Gasteiger partial charge in [0.05, 0.1) is 6.61 Å². The van der Waals surface area contributed by atoms with Crippen molar-refractivity contribution in [2.45, 2.75) is 58.8 Å². The Labute approximate surface area is 130 Å². The van der Waals surface area contributed by atoms with E-state index in [1.807, 2.05) is 0 Å². The van der Waals surface area contributed by atoms with Crippen molar-refractivity contribution in [3.05, 3.63) is 29.3 Å². The zero-order valence-corrected chi connectivity index (χ0v) is 14.2. The van der Waals surface area contributed by atoms with Gasteiger partial charge in [0.15, 0.2) is 0 Å². The van der Waals surface area contributed by atoms with E-state index in [1.165, 1.54) is 50.0 Å². The summed E-state index contributed by atoms with van der Waals surface area (Å²) in [5, 5.41) is 0. The van der Waals surface area contributed by atoms with Crippen LogP contribution in [0, 0.1) is 6.92 Å². The molecule has 1 saturated heterocycles. The van der Waals surface area contributed by atoms with E-state index >= 15 is 0 Å². The zero-order chi connectivity index (χ0) is 15.3. The van der Waals surface area contributed by atoms with E-state index in [4.69, 9.17) is 4.74 Å². The minimum absolute atomic E-state index is 0.133. The van der Waals surface area contributed by atoms with Crippen LogP contribution in [0.2, 0.25) is 0 Å². The lowest BCUT2D eigenvalue weighted by Crippen LogP contribution is -2.31. The molecule has 0 saturated carbocycles. The number of piperidine rings is 1. The fourth-order valence-electron chi connectivity index (χ4n) is 3.01. The summed E-state index contributed by atoms with van der Waals surface area (Å²) >= 11 is 0. The largest absolute Gasteiger partial charge is 0.493 e. The smallest absolute Gasteiger partial charge is 0.123 e. The van der Waals surface area contributed by atoms with Crippen molar-refractivity contribution in [2.75, 3.05) is 26.2 Å². The van der Waals surface area contributed by atoms with Crippen LogP contribution in [0.1, 0.15) is 57.6 Å². The molecule has 1 aliphatic heterocycles. The van der Waals surface area contributed by atoms with Gasteiger partial charge in [-0.15, -0.1) is 0 Å². The van der Waals surface area contributed by atoms with Crippen molar-refractivity contribution in [3.8, 4) is 5.75 Å². The molecule has 0 aromatic heterocycles. The number of likely N-dealkylation sites (tertiary alicyclic amines) is 1. The zero-order valence-electron chi connectivity index (χ0n) is 14.2. The molecule has 0 atom stereocenters. The Morgan fingerprint density at radius 2 is 1.81 bits per heavy atom. The molecule has 0 N–H and O–H groups in total. The third-order valence-electron chi connectivity index (χ3n) is 4.27. The molecule has 0 amide bonds. The molecule has 1 aromatic rings. The highest BCUT2D eigenvalue weighted by atomic mass is 16.5. The van der Waals surface area contributed by atoms with Gasteiger partial charge in [-0.25, -0.2) is 0 Å². The topological polar surface area (TPSA) is 12.5 Å². The molecule has 2 nitrogen and oxygen atoms in total. The van der Waals surface area contributed by atoms with Crippen molar-refractivity contribution in [1.82, 2.24) is 4.90 Å². The number of rotatable bonds is 5. The van der Waals surface area contributed by atoms with Gasteiger partial charge in [0.25, 0.3) is 0 Å². The van der Waals surface area contributed by atoms with Gasteiger partial charge < -0.3 is 9.64 Å². The molecule has 118 valence electrons. The summed E-state index contributed by atoms with van der Waals surface area (Å²) < 4.78 is 6.08. The molecule has 0 aliphatic carbocycles. The highest BCUT2D eigenvalue weighted by Gasteiger charge is 2.19. The first kappa shape index (κ1) is 16.4. The summed E-state index contributed by atoms with van der Waals surface area (Å²) in [6.07, 6.45) is 5.27. The van der Waals surface area contributed by atoms with Gasteiger partial charge in [0.2, 0.25) is 0 Å². The third-order valence-corrected chi connectivity index (χ3v) is 4.27. The minimum Gasteiger partial charge on any atom is -0.493 e. The molecular formula is C19H31NO. The van der Waals surface area contributed by atoms with Gasteiger partial charge in [-0.05, 0) is 56.3 Å². The van der Waals surface area contributed by atoms with Crippen molar-refractivity contribution < 1.29 is 4.74 Å². The second-order valence-corrected chi connectivity index (χ2v) is 7.35. The number of aryl methyl sites for hydroxylation is 1. The fourth-order valence-corrected chi connectivity index (χ4v) is 3.01. The van der Waals surface area contributed by atoms with Crippen molar-refractivity contribution in [3.63, 3.8) is 0 Å². The van der Waals surface area contributed by atoms with E-state index < -0.39 is 0 Å². The van der Waals surface area contributed by atoms with Crippen LogP contribution < -0.4 is 4.74 Å². The summed E-state index contributed by atoms with van der Waals surface area (Å²) in [6, 6.07) is 6.55. The number of hydrogen-bond donors (Lipinski definition) is 0. The van der Waals surface area contributed by atoms with Gasteiger partial charge in [-0.3, -0.25) is 0 Å². The van der Waals surface area contributed by atoms with Gasteiger partial charge in [0.1, 0.15) is 5.75 Å². The van der Waals surface area contributed by atoms with Crippen LogP contribution >= 0.6 is 0 Å². The lowest BCUT2D eigenvalue weighted by molar-refractivity contribution is 0.204. The average Bonchev–Trinajstić information content (AvgIpc) is 2.45. The van der Waals surface area contributed by atoms with Crippen LogP contribution in [0.3, 0.4) is 0 Å². The van der Waals surface area contributed by atoms with Crippen LogP contribution in [0.15, 0.2) is 18.2 Å². The van der Waals surface area contributed by atoms with E-state index in [2.05, 4.69) is 50.8 Å². The number of hydrogen-bond acceptors (Lipinski definition) is 2. The molecular weight excluding hydrogens is 258 g/mol. The molecule has 0 bridgehead atoms. The molecule has 21 heavy (non-hydrogen) atoms. The Morgan fingerprint density at radius 3 is 2.48 bits per heavy atom. The first-order valence-electron chi connectivity index (χ1n) is 8.43. The molecule has 2 heteroatoms. The van der Waals surface area contributed by atoms with E-state index in [1.54, 1.807) is 0 Å². The number of nitrogens with zero attached hydrogens (tertiary/aromatic N) is 1. The highest BCUT2D eigenvalue weighted by Crippen LogP contribution is 2.32. The SMILES string of the molecule is Cc1ccc(OCCCN2CCCCC2)c(C(C)(C)C)c1. The Morgan fingerprint density at radius 1 is 1.10 bits per heavy atom. The lowest BCUT2D eigenvalue weighted by atomic mass is 9.85. The molecule has 0 radical (unpaired) electrons. The Balaban J connectivity index is 1.85. The van der Waals surface area contributed by atoms with E-state index in [9.17, 15) is 0 Å². The normalized spacial score (nSPS) is 17.0. The maximum Gasteiger partial charge on any atom is 0.123 e. The second-order valence-electron chi connectivity index (χ2n) is 7.35. The van der Waals surface area contributed by atoms with Gasteiger partial charge in [0, 0.05) is 6.54 Å². The van der Waals surface area contributed by atoms with Crippen molar-refractivity contribution >= 4 is 0 Å². The Bertz CT molecular complexity index is 441. The van der Waals surface area contributed by atoms with E-state index in [-0.39, 0.29) is 5.41 Å². The number of ether oxygens (including phenoxy) is 1. The van der Waals surface area contributed by atoms with Gasteiger partial charge >= 0.3 is 0 Å². The summed E-state index contributed by atoms with van der Waals surface area (Å²) in [5.41, 5.74) is 2.76. The second kappa shape index (κ2) is 7.31. The summed E-state index contributed by atoms with van der Waals surface area (Å²) in [6.45, 7) is 13.5. The first-order chi connectivity index (χ1) is 9.97. The Hall–Kier alpha value is -1.02. The predicted molar refractivity (Wildman–Crippen MR) is 90.3 cm³/mol. The summed E-state index contributed by atoms with van der Waals surface area (Å²) in [4.78, 5) is 2.58. The number of benzene rings is 1. The molecule has 2 rings (SSSR count). The standard InChI is InChI=1S/C19H31NO/c1-16-9-10-18(17(15-16)19(2,3)4)21-14-8-13-20-11-6-5-7-12-20/h9-10,15H,5-8,11-14H2,1-4H3. The van der Waals surface area contributed by atoms with Gasteiger partial charge in [-0.2, -0.15) is 0 Å². The van der Waals surface area contributed by atoms with Crippen molar-refractivity contribution in [1.29, 1.82) is 0 Å². The van der Waals surface area contributed by atoms with Crippen molar-refractivity contribution in [2.24, 2.45) is 0 Å². The lowest BCUT2D eigenvalue weighted by Gasteiger charge is -2.27. The Kier molecular flexibility index (Phi) is 5.69. The average molecular weight is 289 g/mol. The predicted octanol–water partition coefficient (Wildman–Crippen LogP) is 4.55. The summed E-state index contributed by atoms with van der Waals surface area (Å²) in [7, 11) is 0. The monoisotopic (exact) mass is 289 g/mol. The van der Waals surface area contributed by atoms with Crippen LogP contribution in [0.4, 0.5) is 0 Å². The fraction of sp³-hybridized carbons (Fsp3) is 0.684. The molecule has 0 spiro atoms. The van der Waals surface area contributed by atoms with Crippen LogP contribution in [0.5, 0.6) is 5.75 Å².